The zero-order valence-electron chi connectivity index (χ0n) is 9.82. The van der Waals surface area contributed by atoms with Crippen molar-refractivity contribution in [2.75, 3.05) is 13.6 Å². The highest BCUT2D eigenvalue weighted by Crippen LogP contribution is 2.22. The molecule has 2 N–H and O–H groups in total. The summed E-state index contributed by atoms with van der Waals surface area (Å²) >= 11 is 0. The van der Waals surface area contributed by atoms with Crippen LogP contribution >= 0.6 is 0 Å². The van der Waals surface area contributed by atoms with Crippen molar-refractivity contribution in [2.24, 2.45) is 5.73 Å². The van der Waals surface area contributed by atoms with Gasteiger partial charge in [-0.1, -0.05) is 13.8 Å². The smallest absolute Gasteiger partial charge is 0.111 e. The maximum Gasteiger partial charge on any atom is 0.111 e. The van der Waals surface area contributed by atoms with Gasteiger partial charge in [0.15, 0.2) is 0 Å². The molecular weight excluding hydrogens is 188 g/mol. The SMILES string of the molecule is CC(C)c1nc(CN)c2n1CCN(C)C2. The van der Waals surface area contributed by atoms with E-state index in [0.717, 1.165) is 25.3 Å². The standard InChI is InChI=1S/C11H20N4/c1-8(2)11-13-9(6-12)10-7-14(3)4-5-15(10)11/h8H,4-7,12H2,1-3H3. The maximum absolute atomic E-state index is 5.74. The summed E-state index contributed by atoms with van der Waals surface area (Å²) in [4.78, 5) is 6.98. The predicted octanol–water partition coefficient (Wildman–Crippen LogP) is 0.911. The Bertz CT molecular complexity index is 354. The fourth-order valence-corrected chi connectivity index (χ4v) is 2.19. The van der Waals surface area contributed by atoms with Crippen LogP contribution in [0.2, 0.25) is 0 Å². The van der Waals surface area contributed by atoms with Gasteiger partial charge in [-0.3, -0.25) is 4.90 Å². The van der Waals surface area contributed by atoms with Crippen molar-refractivity contribution < 1.29 is 0 Å². The number of hydrogen-bond donors (Lipinski definition) is 1. The van der Waals surface area contributed by atoms with Gasteiger partial charge in [0.05, 0.1) is 11.4 Å². The molecule has 0 amide bonds. The van der Waals surface area contributed by atoms with Crippen LogP contribution in [-0.4, -0.2) is 28.0 Å². The minimum Gasteiger partial charge on any atom is -0.329 e. The van der Waals surface area contributed by atoms with E-state index in [1.165, 1.54) is 11.5 Å². The Balaban J connectivity index is 2.45. The van der Waals surface area contributed by atoms with Gasteiger partial charge >= 0.3 is 0 Å². The molecule has 1 aliphatic rings. The van der Waals surface area contributed by atoms with Crippen molar-refractivity contribution >= 4 is 0 Å². The van der Waals surface area contributed by atoms with Gasteiger partial charge in [0.1, 0.15) is 5.82 Å². The minimum atomic E-state index is 0.479. The highest BCUT2D eigenvalue weighted by atomic mass is 15.2. The average molecular weight is 208 g/mol. The van der Waals surface area contributed by atoms with Crippen LogP contribution in [0.5, 0.6) is 0 Å². The van der Waals surface area contributed by atoms with E-state index in [-0.39, 0.29) is 0 Å². The van der Waals surface area contributed by atoms with Gasteiger partial charge in [-0.2, -0.15) is 0 Å². The van der Waals surface area contributed by atoms with E-state index >= 15 is 0 Å². The number of nitrogens with two attached hydrogens (primary N) is 1. The van der Waals surface area contributed by atoms with Crippen LogP contribution in [0.1, 0.15) is 37.0 Å². The molecule has 0 unspecified atom stereocenters. The first-order chi connectivity index (χ1) is 7.13. The van der Waals surface area contributed by atoms with Crippen LogP contribution in [0, 0.1) is 0 Å². The number of aromatic nitrogens is 2. The lowest BCUT2D eigenvalue weighted by Crippen LogP contribution is -2.31. The molecule has 0 fully saturated rings. The fraction of sp³-hybridized carbons (Fsp3) is 0.727. The number of rotatable bonds is 2. The summed E-state index contributed by atoms with van der Waals surface area (Å²) in [6.45, 7) is 8.06. The molecule has 1 aliphatic heterocycles. The second-order valence-electron chi connectivity index (χ2n) is 4.61. The molecule has 2 heterocycles. The van der Waals surface area contributed by atoms with E-state index in [1.807, 2.05) is 0 Å². The molecule has 0 saturated heterocycles. The lowest BCUT2D eigenvalue weighted by atomic mass is 10.2. The van der Waals surface area contributed by atoms with Crippen molar-refractivity contribution in [3.8, 4) is 0 Å². The molecule has 0 spiro atoms. The molecule has 0 atom stereocenters. The summed E-state index contributed by atoms with van der Waals surface area (Å²) < 4.78 is 2.35. The maximum atomic E-state index is 5.74. The Hall–Kier alpha value is -0.870. The zero-order chi connectivity index (χ0) is 11.0. The monoisotopic (exact) mass is 208 g/mol. The minimum absolute atomic E-state index is 0.479. The van der Waals surface area contributed by atoms with Crippen molar-refractivity contribution in [3.05, 3.63) is 17.2 Å². The predicted molar refractivity (Wildman–Crippen MR) is 60.5 cm³/mol. The van der Waals surface area contributed by atoms with Crippen LogP contribution in [0.25, 0.3) is 0 Å². The quantitative estimate of drug-likeness (QED) is 0.786. The van der Waals surface area contributed by atoms with Gasteiger partial charge in [0.25, 0.3) is 0 Å². The Morgan fingerprint density at radius 3 is 2.73 bits per heavy atom. The fourth-order valence-electron chi connectivity index (χ4n) is 2.19. The molecule has 2 rings (SSSR count). The molecule has 0 aromatic carbocycles. The van der Waals surface area contributed by atoms with Crippen LogP contribution in [0.3, 0.4) is 0 Å². The van der Waals surface area contributed by atoms with Crippen LogP contribution in [0.4, 0.5) is 0 Å². The second kappa shape index (κ2) is 3.94. The van der Waals surface area contributed by atoms with Crippen LogP contribution < -0.4 is 5.73 Å². The third-order valence-electron chi connectivity index (χ3n) is 3.02. The summed E-state index contributed by atoms with van der Waals surface area (Å²) in [5.41, 5.74) is 8.13. The molecule has 15 heavy (non-hydrogen) atoms. The zero-order valence-corrected chi connectivity index (χ0v) is 9.82. The number of nitrogens with zero attached hydrogens (tertiary/aromatic N) is 3. The van der Waals surface area contributed by atoms with Crippen LogP contribution in [-0.2, 0) is 19.6 Å². The Morgan fingerprint density at radius 1 is 1.40 bits per heavy atom. The Morgan fingerprint density at radius 2 is 2.13 bits per heavy atom. The highest BCUT2D eigenvalue weighted by Gasteiger charge is 2.22. The van der Waals surface area contributed by atoms with Gasteiger partial charge in [-0.15, -0.1) is 0 Å². The van der Waals surface area contributed by atoms with Gasteiger partial charge in [0.2, 0.25) is 0 Å². The van der Waals surface area contributed by atoms with Crippen molar-refractivity contribution in [2.45, 2.75) is 39.4 Å². The molecule has 1 aromatic heterocycles. The largest absolute Gasteiger partial charge is 0.329 e. The molecule has 4 nitrogen and oxygen atoms in total. The van der Waals surface area contributed by atoms with E-state index < -0.39 is 0 Å². The van der Waals surface area contributed by atoms with Gasteiger partial charge in [-0.05, 0) is 7.05 Å². The second-order valence-corrected chi connectivity index (χ2v) is 4.61. The normalized spacial score (nSPS) is 17.1. The summed E-state index contributed by atoms with van der Waals surface area (Å²) in [6, 6.07) is 0. The highest BCUT2D eigenvalue weighted by molar-refractivity contribution is 5.20. The van der Waals surface area contributed by atoms with E-state index in [1.54, 1.807) is 0 Å². The van der Waals surface area contributed by atoms with E-state index in [9.17, 15) is 0 Å². The lowest BCUT2D eigenvalue weighted by molar-refractivity contribution is 0.265. The third kappa shape index (κ3) is 1.79. The third-order valence-corrected chi connectivity index (χ3v) is 3.02. The van der Waals surface area contributed by atoms with Gasteiger partial charge < -0.3 is 10.3 Å². The van der Waals surface area contributed by atoms with Crippen LogP contribution in [0.15, 0.2) is 0 Å². The molecule has 0 radical (unpaired) electrons. The molecule has 4 heteroatoms. The number of fused-ring (bicyclic) bond motifs is 1. The number of imidazole rings is 1. The summed E-state index contributed by atoms with van der Waals surface area (Å²) in [7, 11) is 2.14. The Kier molecular flexibility index (Phi) is 2.80. The first-order valence-corrected chi connectivity index (χ1v) is 5.60. The summed E-state index contributed by atoms with van der Waals surface area (Å²) in [5, 5.41) is 0. The lowest BCUT2D eigenvalue weighted by Gasteiger charge is -2.26. The number of hydrogen-bond acceptors (Lipinski definition) is 3. The topological polar surface area (TPSA) is 47.1 Å². The summed E-state index contributed by atoms with van der Waals surface area (Å²) in [6.07, 6.45) is 0. The van der Waals surface area contributed by atoms with Gasteiger partial charge in [-0.25, -0.2) is 4.98 Å². The van der Waals surface area contributed by atoms with Crippen molar-refractivity contribution in [1.82, 2.24) is 14.5 Å². The van der Waals surface area contributed by atoms with Gasteiger partial charge in [0, 0.05) is 32.1 Å². The summed E-state index contributed by atoms with van der Waals surface area (Å²) in [5.74, 6) is 1.67. The molecular formula is C11H20N4. The molecule has 0 aliphatic carbocycles. The van der Waals surface area contributed by atoms with E-state index in [4.69, 9.17) is 5.73 Å². The molecule has 0 saturated carbocycles. The van der Waals surface area contributed by atoms with E-state index in [2.05, 4.69) is 35.3 Å². The molecule has 0 bridgehead atoms. The number of likely N-dealkylation sites (N-methyl/N-ethyl adjacent to an activating group) is 1. The van der Waals surface area contributed by atoms with E-state index in [0.29, 0.717) is 12.5 Å². The van der Waals surface area contributed by atoms with Crippen molar-refractivity contribution in [3.63, 3.8) is 0 Å². The Labute approximate surface area is 91.1 Å². The average Bonchev–Trinajstić information content (AvgIpc) is 2.55. The van der Waals surface area contributed by atoms with Crippen molar-refractivity contribution in [1.29, 1.82) is 0 Å². The first-order valence-electron chi connectivity index (χ1n) is 5.60. The molecule has 1 aromatic rings. The first kappa shape index (κ1) is 10.6. The molecule has 84 valence electrons.